The number of hydrogen-bond acceptors (Lipinski definition) is 4. The van der Waals surface area contributed by atoms with Crippen LogP contribution in [0.1, 0.15) is 36.8 Å². The third-order valence-electron chi connectivity index (χ3n) is 8.02. The first kappa shape index (κ1) is 33.8. The molecule has 0 aromatic heterocycles. The van der Waals surface area contributed by atoms with Crippen LogP contribution in [0.25, 0.3) is 0 Å². The van der Waals surface area contributed by atoms with E-state index in [1.54, 1.807) is 42.5 Å². The van der Waals surface area contributed by atoms with Gasteiger partial charge in [0.25, 0.3) is 10.0 Å². The first-order valence-corrected chi connectivity index (χ1v) is 17.6. The molecule has 1 N–H and O–H groups in total. The largest absolute Gasteiger partial charge is 0.352 e. The van der Waals surface area contributed by atoms with Crippen molar-refractivity contribution in [1.82, 2.24) is 10.2 Å². The summed E-state index contributed by atoms with van der Waals surface area (Å²) in [5, 5.41) is 3.99. The van der Waals surface area contributed by atoms with Crippen LogP contribution in [0.3, 0.4) is 0 Å². The summed E-state index contributed by atoms with van der Waals surface area (Å²) in [7, 11) is -4.28. The molecule has 0 radical (unpaired) electrons. The van der Waals surface area contributed by atoms with Crippen molar-refractivity contribution in [3.63, 3.8) is 0 Å². The Bertz CT molecular complexity index is 1750. The van der Waals surface area contributed by atoms with Crippen molar-refractivity contribution in [2.75, 3.05) is 10.8 Å². The van der Waals surface area contributed by atoms with E-state index in [1.165, 1.54) is 35.2 Å². The van der Waals surface area contributed by atoms with Gasteiger partial charge in [-0.3, -0.25) is 13.9 Å². The number of sulfonamides is 1. The molecule has 0 unspecified atom stereocenters. The molecular weight excluding hydrogens is 665 g/mol. The van der Waals surface area contributed by atoms with E-state index in [9.17, 15) is 18.0 Å². The number of rotatable bonds is 12. The molecular formula is C35H34Cl3N3O4S. The molecule has 0 bridgehead atoms. The zero-order valence-electron chi connectivity index (χ0n) is 25.0. The van der Waals surface area contributed by atoms with Crippen LogP contribution in [-0.2, 0) is 32.6 Å². The van der Waals surface area contributed by atoms with E-state index >= 15 is 0 Å². The first-order chi connectivity index (χ1) is 22.1. The van der Waals surface area contributed by atoms with Crippen molar-refractivity contribution in [2.24, 2.45) is 0 Å². The van der Waals surface area contributed by atoms with Gasteiger partial charge >= 0.3 is 0 Å². The molecule has 240 valence electrons. The predicted octanol–water partition coefficient (Wildman–Crippen LogP) is 7.54. The highest BCUT2D eigenvalue weighted by atomic mass is 35.5. The lowest BCUT2D eigenvalue weighted by Gasteiger charge is -2.34. The zero-order valence-corrected chi connectivity index (χ0v) is 28.1. The maximum atomic E-state index is 14.6. The lowest BCUT2D eigenvalue weighted by Crippen LogP contribution is -2.54. The maximum absolute atomic E-state index is 14.6. The third kappa shape index (κ3) is 8.42. The minimum Gasteiger partial charge on any atom is -0.352 e. The van der Waals surface area contributed by atoms with Crippen LogP contribution >= 0.6 is 34.8 Å². The molecule has 11 heteroatoms. The average molecular weight is 699 g/mol. The molecule has 1 aliphatic carbocycles. The Balaban J connectivity index is 1.59. The van der Waals surface area contributed by atoms with Gasteiger partial charge in [0.15, 0.2) is 0 Å². The Labute approximate surface area is 285 Å². The fourth-order valence-electron chi connectivity index (χ4n) is 5.66. The Hall–Kier alpha value is -3.56. The Morgan fingerprint density at radius 1 is 0.804 bits per heavy atom. The van der Waals surface area contributed by atoms with Crippen LogP contribution in [-0.4, -0.2) is 43.8 Å². The quantitative estimate of drug-likeness (QED) is 0.166. The third-order valence-corrected chi connectivity index (χ3v) is 10.6. The smallest absolute Gasteiger partial charge is 0.264 e. The van der Waals surface area contributed by atoms with Crippen molar-refractivity contribution >= 4 is 62.3 Å². The molecule has 5 rings (SSSR count). The summed E-state index contributed by atoms with van der Waals surface area (Å²) < 4.78 is 29.2. The van der Waals surface area contributed by atoms with Gasteiger partial charge in [-0.15, -0.1) is 0 Å². The minimum atomic E-state index is -4.28. The lowest BCUT2D eigenvalue weighted by molar-refractivity contribution is -0.140. The van der Waals surface area contributed by atoms with Crippen LogP contribution in [0.4, 0.5) is 5.69 Å². The molecule has 1 saturated carbocycles. The summed E-state index contributed by atoms with van der Waals surface area (Å²) in [6.45, 7) is -0.649. The highest BCUT2D eigenvalue weighted by Crippen LogP contribution is 2.31. The van der Waals surface area contributed by atoms with Gasteiger partial charge in [0.05, 0.1) is 10.6 Å². The van der Waals surface area contributed by atoms with Crippen molar-refractivity contribution < 1.29 is 18.0 Å². The standard InChI is InChI=1S/C35H34Cl3N3O4S/c36-27-20-28(37)22-30(21-27)41(46(44,45)31-16-5-2-6-17-31)24-34(42)40(23-26-13-7-10-18-32(26)38)33(19-25-11-3-1-4-12-25)35(43)39-29-14-8-9-15-29/h1-7,10-13,16-18,20-22,29,33H,8-9,14-15,19,23-24H2,(H,39,43)/t33-/m1/s1. The summed E-state index contributed by atoms with van der Waals surface area (Å²) in [5.74, 6) is -0.905. The SMILES string of the molecule is O=C(NC1CCCC1)[C@@H](Cc1ccccc1)N(Cc1ccccc1Cl)C(=O)CN(c1cc(Cl)cc(Cl)c1)S(=O)(=O)c1ccccc1. The number of benzene rings is 4. The average Bonchev–Trinajstić information content (AvgIpc) is 3.55. The van der Waals surface area contributed by atoms with E-state index in [1.807, 2.05) is 30.3 Å². The van der Waals surface area contributed by atoms with E-state index in [0.717, 1.165) is 35.6 Å². The second kappa shape index (κ2) is 15.4. The van der Waals surface area contributed by atoms with Gasteiger partial charge in [-0.1, -0.05) is 114 Å². The van der Waals surface area contributed by atoms with Gasteiger partial charge in [-0.25, -0.2) is 8.42 Å². The molecule has 1 fully saturated rings. The van der Waals surface area contributed by atoms with Gasteiger partial charge < -0.3 is 10.2 Å². The van der Waals surface area contributed by atoms with Gasteiger partial charge in [0.1, 0.15) is 12.6 Å². The minimum absolute atomic E-state index is 0.00611. The number of carbonyl (C=O) groups excluding carboxylic acids is 2. The molecule has 1 aliphatic rings. The second-order valence-electron chi connectivity index (χ2n) is 11.3. The number of halogens is 3. The normalized spacial score (nSPS) is 14.1. The van der Waals surface area contributed by atoms with Crippen molar-refractivity contribution in [3.05, 3.63) is 129 Å². The second-order valence-corrected chi connectivity index (χ2v) is 14.4. The number of nitrogens with zero attached hydrogens (tertiary/aromatic N) is 2. The van der Waals surface area contributed by atoms with Gasteiger partial charge in [-0.05, 0) is 60.4 Å². The monoisotopic (exact) mass is 697 g/mol. The molecule has 4 aromatic carbocycles. The Morgan fingerprint density at radius 3 is 2.02 bits per heavy atom. The number of carbonyl (C=O) groups is 2. The molecule has 4 aromatic rings. The zero-order chi connectivity index (χ0) is 32.7. The molecule has 2 amide bonds. The summed E-state index contributed by atoms with van der Waals surface area (Å²) in [6, 6.07) is 27.7. The van der Waals surface area contributed by atoms with Gasteiger partial charge in [-0.2, -0.15) is 0 Å². The van der Waals surface area contributed by atoms with Crippen LogP contribution < -0.4 is 9.62 Å². The van der Waals surface area contributed by atoms with Gasteiger partial charge in [0.2, 0.25) is 11.8 Å². The number of anilines is 1. The maximum Gasteiger partial charge on any atom is 0.264 e. The Morgan fingerprint density at radius 2 is 1.39 bits per heavy atom. The highest BCUT2D eigenvalue weighted by molar-refractivity contribution is 7.92. The highest BCUT2D eigenvalue weighted by Gasteiger charge is 2.36. The first-order valence-electron chi connectivity index (χ1n) is 15.0. The summed E-state index contributed by atoms with van der Waals surface area (Å²) in [6.07, 6.45) is 3.97. The van der Waals surface area contributed by atoms with Crippen LogP contribution in [0, 0.1) is 0 Å². The van der Waals surface area contributed by atoms with Crippen molar-refractivity contribution in [2.45, 2.75) is 55.6 Å². The van der Waals surface area contributed by atoms with E-state index in [-0.39, 0.29) is 45.5 Å². The fraction of sp³-hybridized carbons (Fsp3) is 0.257. The summed E-state index contributed by atoms with van der Waals surface area (Å²) in [5.41, 5.74) is 1.58. The molecule has 1 atom stereocenters. The number of amides is 2. The fourth-order valence-corrected chi connectivity index (χ4v) is 7.79. The van der Waals surface area contributed by atoms with Crippen LogP contribution in [0.15, 0.2) is 108 Å². The van der Waals surface area contributed by atoms with E-state index in [0.29, 0.717) is 10.6 Å². The van der Waals surface area contributed by atoms with E-state index in [2.05, 4.69) is 5.32 Å². The van der Waals surface area contributed by atoms with Crippen molar-refractivity contribution in [1.29, 1.82) is 0 Å². The van der Waals surface area contributed by atoms with Gasteiger partial charge in [0, 0.05) is 34.1 Å². The molecule has 46 heavy (non-hydrogen) atoms. The Kier molecular flexibility index (Phi) is 11.3. The van der Waals surface area contributed by atoms with Crippen LogP contribution in [0.2, 0.25) is 15.1 Å². The molecule has 7 nitrogen and oxygen atoms in total. The van der Waals surface area contributed by atoms with E-state index in [4.69, 9.17) is 34.8 Å². The molecule has 0 saturated heterocycles. The summed E-state index contributed by atoms with van der Waals surface area (Å²) >= 11 is 19.2. The number of hydrogen-bond donors (Lipinski definition) is 1. The summed E-state index contributed by atoms with van der Waals surface area (Å²) in [4.78, 5) is 30.1. The van der Waals surface area contributed by atoms with Crippen molar-refractivity contribution in [3.8, 4) is 0 Å². The topological polar surface area (TPSA) is 86.8 Å². The lowest BCUT2D eigenvalue weighted by atomic mass is 10.0. The molecule has 0 aliphatic heterocycles. The number of nitrogens with one attached hydrogen (secondary N) is 1. The predicted molar refractivity (Wildman–Crippen MR) is 184 cm³/mol. The molecule has 0 heterocycles. The van der Waals surface area contributed by atoms with E-state index < -0.39 is 28.5 Å². The molecule has 0 spiro atoms. The van der Waals surface area contributed by atoms with Crippen LogP contribution in [0.5, 0.6) is 0 Å².